The first-order valence-corrected chi connectivity index (χ1v) is 22.1. The summed E-state index contributed by atoms with van der Waals surface area (Å²) >= 11 is 0. The molecule has 0 saturated carbocycles. The summed E-state index contributed by atoms with van der Waals surface area (Å²) in [5.41, 5.74) is 5.67. The van der Waals surface area contributed by atoms with Crippen LogP contribution in [0.2, 0.25) is 0 Å². The molecule has 0 fully saturated rings. The van der Waals surface area contributed by atoms with E-state index >= 15 is 0 Å². The molecule has 5 heterocycles. The molecule has 2 amide bonds. The SMILES string of the molecule is Cc1cccc([NH2+]/C=C2\C(=N)C=C(c3cccc(C(CCc4cccc(-n5ncc6c(C#N)cc(-c7cccc(C(C)NC(=O)OC(C)(C)C)n7)cc65)n4)NC(=O)OC(C)(C)C)n3)C=C2C#N)n1. The first-order valence-electron chi connectivity index (χ1n) is 22.1. The number of aromatic nitrogens is 6. The van der Waals surface area contributed by atoms with Crippen LogP contribution in [-0.4, -0.2) is 58.8 Å². The van der Waals surface area contributed by atoms with Gasteiger partial charge in [0.05, 0.1) is 75.1 Å². The molecule has 0 radical (unpaired) electrons. The number of quaternary nitrogens is 1. The van der Waals surface area contributed by atoms with Gasteiger partial charge in [-0.25, -0.2) is 24.2 Å². The molecule has 1 aromatic carbocycles. The van der Waals surface area contributed by atoms with E-state index in [1.807, 2.05) is 86.6 Å². The normalized spacial score (nSPS) is 14.3. The van der Waals surface area contributed by atoms with Crippen LogP contribution in [0.25, 0.3) is 33.6 Å². The standard InChI is InChI=1S/C52H52N12O4/c1-31-13-9-19-47(58-31)56-29-38-35(27-53)23-33(25-40(38)55)42-17-12-18-44(62-42)45(63-50(66)68-52(6,7)8)22-21-37-14-10-20-48(60-37)64-46-26-34(24-36(28-54)39(46)30-57-64)43-16-11-15-41(61-43)32(2)59-49(65)67-51(3,4)5/h9-20,23-26,29-30,32,45,55H,21-22H2,1-8H3,(H,56,58)(H,59,65)(H,63,66)/p+1/b38-29-,55-40?. The van der Waals surface area contributed by atoms with Crippen LogP contribution in [0.15, 0.2) is 121 Å². The third-order valence-electron chi connectivity index (χ3n) is 10.5. The average molecular weight is 910 g/mol. The van der Waals surface area contributed by atoms with E-state index in [0.717, 1.165) is 11.5 Å². The maximum Gasteiger partial charge on any atom is 0.408 e. The highest BCUT2D eigenvalue weighted by Gasteiger charge is 2.25. The van der Waals surface area contributed by atoms with Gasteiger partial charge in [-0.1, -0.05) is 24.3 Å². The zero-order chi connectivity index (χ0) is 48.8. The Kier molecular flexibility index (Phi) is 14.0. The van der Waals surface area contributed by atoms with Crippen LogP contribution in [0.5, 0.6) is 0 Å². The third-order valence-corrected chi connectivity index (χ3v) is 10.5. The smallest absolute Gasteiger partial charge is 0.408 e. The summed E-state index contributed by atoms with van der Waals surface area (Å²) < 4.78 is 12.8. The Balaban J connectivity index is 1.14. The second-order valence-electron chi connectivity index (χ2n) is 18.2. The van der Waals surface area contributed by atoms with E-state index in [9.17, 15) is 20.1 Å². The number of nitrogens with zero attached hydrogens (tertiary/aromatic N) is 8. The maximum atomic E-state index is 13.3. The number of aryl methyl sites for hydroxylation is 2. The van der Waals surface area contributed by atoms with Gasteiger partial charge >= 0.3 is 12.2 Å². The Bertz CT molecular complexity index is 3100. The number of fused-ring (bicyclic) bond motifs is 1. The van der Waals surface area contributed by atoms with Gasteiger partial charge < -0.3 is 20.1 Å². The van der Waals surface area contributed by atoms with E-state index in [1.54, 1.807) is 88.2 Å². The lowest BCUT2D eigenvalue weighted by Crippen LogP contribution is -2.72. The van der Waals surface area contributed by atoms with Gasteiger partial charge in [0, 0.05) is 34.0 Å². The van der Waals surface area contributed by atoms with Crippen LogP contribution in [0.1, 0.15) is 101 Å². The number of carbonyl (C=O) groups excluding carboxylic acids is 2. The minimum atomic E-state index is -0.752. The third kappa shape index (κ3) is 11.9. The van der Waals surface area contributed by atoms with Crippen molar-refractivity contribution in [2.45, 2.75) is 91.5 Å². The fraction of sp³-hybridized carbons (Fsp3) is 0.269. The van der Waals surface area contributed by atoms with Gasteiger partial charge in [0.2, 0.25) is 5.82 Å². The number of nitriles is 2. The topological polar surface area (TPSA) is 234 Å². The van der Waals surface area contributed by atoms with Gasteiger partial charge in [-0.15, -0.1) is 0 Å². The number of allylic oxidation sites excluding steroid dienone is 5. The number of hydrogen-bond acceptors (Lipinski definition) is 12. The number of pyridine rings is 4. The van der Waals surface area contributed by atoms with E-state index < -0.39 is 35.5 Å². The van der Waals surface area contributed by atoms with Crippen LogP contribution in [0, 0.1) is 35.0 Å². The molecule has 0 spiro atoms. The number of benzene rings is 1. The van der Waals surface area contributed by atoms with Crippen molar-refractivity contribution in [2.75, 3.05) is 0 Å². The molecule has 16 heteroatoms. The van der Waals surface area contributed by atoms with Crippen LogP contribution < -0.4 is 16.0 Å². The van der Waals surface area contributed by atoms with Crippen molar-refractivity contribution in [3.8, 4) is 29.2 Å². The molecule has 0 saturated heterocycles. The van der Waals surface area contributed by atoms with Crippen molar-refractivity contribution >= 4 is 40.2 Å². The summed E-state index contributed by atoms with van der Waals surface area (Å²) in [5, 5.41) is 42.2. The molecule has 5 N–H and O–H groups in total. The molecule has 344 valence electrons. The Morgan fingerprint density at radius 1 is 0.824 bits per heavy atom. The summed E-state index contributed by atoms with van der Waals surface area (Å²) in [7, 11) is 0. The minimum absolute atomic E-state index is 0.153. The molecule has 0 bridgehead atoms. The molecule has 0 aliphatic heterocycles. The van der Waals surface area contributed by atoms with Crippen LogP contribution in [-0.2, 0) is 15.9 Å². The van der Waals surface area contributed by atoms with Crippen molar-refractivity contribution in [3.05, 3.63) is 155 Å². The molecule has 5 aromatic heterocycles. The quantitative estimate of drug-likeness (QED) is 0.0905. The summed E-state index contributed by atoms with van der Waals surface area (Å²) in [6.45, 7) is 14.5. The number of nitrogens with one attached hydrogen (secondary N) is 3. The van der Waals surface area contributed by atoms with Crippen molar-refractivity contribution < 1.29 is 24.4 Å². The van der Waals surface area contributed by atoms with Crippen molar-refractivity contribution in [3.63, 3.8) is 0 Å². The fourth-order valence-corrected chi connectivity index (χ4v) is 7.43. The Hall–Kier alpha value is -8.34. The van der Waals surface area contributed by atoms with E-state index in [0.29, 0.717) is 85.9 Å². The molecule has 1 aliphatic carbocycles. The molecule has 2 atom stereocenters. The lowest BCUT2D eigenvalue weighted by Gasteiger charge is -2.24. The predicted octanol–water partition coefficient (Wildman–Crippen LogP) is 8.88. The number of carbonyl (C=O) groups is 2. The summed E-state index contributed by atoms with van der Waals surface area (Å²) in [6.07, 6.45) is 6.36. The Morgan fingerprint density at radius 2 is 1.50 bits per heavy atom. The van der Waals surface area contributed by atoms with Gasteiger partial charge in [-0.05, 0) is 135 Å². The number of alkyl carbamates (subject to hydrolysis) is 2. The molecule has 2 unspecified atom stereocenters. The number of ether oxygens (including phenoxy) is 2. The van der Waals surface area contributed by atoms with Gasteiger partial charge in [0.25, 0.3) is 0 Å². The largest absolute Gasteiger partial charge is 0.444 e. The number of hydrogen-bond donors (Lipinski definition) is 4. The number of rotatable bonds is 12. The molecule has 6 aromatic rings. The highest BCUT2D eigenvalue weighted by atomic mass is 16.6. The van der Waals surface area contributed by atoms with Crippen molar-refractivity contribution in [1.82, 2.24) is 40.3 Å². The highest BCUT2D eigenvalue weighted by molar-refractivity contribution is 6.16. The first-order chi connectivity index (χ1) is 32.4. The van der Waals surface area contributed by atoms with Crippen molar-refractivity contribution in [2.24, 2.45) is 0 Å². The number of amides is 2. The van der Waals surface area contributed by atoms with Gasteiger partial charge in [-0.3, -0.25) is 20.7 Å². The van der Waals surface area contributed by atoms with Crippen LogP contribution >= 0.6 is 0 Å². The molecular weight excluding hydrogens is 857 g/mol. The van der Waals surface area contributed by atoms with E-state index in [2.05, 4.69) is 32.9 Å². The monoisotopic (exact) mass is 909 g/mol. The Morgan fingerprint density at radius 3 is 2.21 bits per heavy atom. The molecule has 68 heavy (non-hydrogen) atoms. The van der Waals surface area contributed by atoms with Gasteiger partial charge in [0.15, 0.2) is 5.82 Å². The maximum absolute atomic E-state index is 13.3. The second-order valence-corrected chi connectivity index (χ2v) is 18.2. The van der Waals surface area contributed by atoms with E-state index in [-0.39, 0.29) is 5.71 Å². The average Bonchev–Trinajstić information content (AvgIpc) is 3.73. The van der Waals surface area contributed by atoms with Crippen molar-refractivity contribution in [1.29, 1.82) is 15.9 Å². The molecule has 16 nitrogen and oxygen atoms in total. The van der Waals surface area contributed by atoms with E-state index in [1.165, 1.54) is 0 Å². The number of nitrogens with two attached hydrogens (primary N) is 1. The molecular formula is C52H53N12O4+. The molecule has 7 rings (SSSR count). The molecule has 1 aliphatic rings. The fourth-order valence-electron chi connectivity index (χ4n) is 7.43. The predicted molar refractivity (Wildman–Crippen MR) is 257 cm³/mol. The zero-order valence-electron chi connectivity index (χ0n) is 39.2. The van der Waals surface area contributed by atoms with Crippen LogP contribution in [0.4, 0.5) is 15.4 Å². The van der Waals surface area contributed by atoms with Crippen LogP contribution in [0.3, 0.4) is 0 Å². The van der Waals surface area contributed by atoms with Gasteiger partial charge in [0.1, 0.15) is 23.5 Å². The summed E-state index contributed by atoms with van der Waals surface area (Å²) in [5.74, 6) is 1.23. The lowest BCUT2D eigenvalue weighted by molar-refractivity contribution is -0.501. The minimum Gasteiger partial charge on any atom is -0.444 e. The first kappa shape index (κ1) is 47.6. The zero-order valence-corrected chi connectivity index (χ0v) is 39.2. The highest BCUT2D eigenvalue weighted by Crippen LogP contribution is 2.31. The van der Waals surface area contributed by atoms with Gasteiger partial charge in [-0.2, -0.15) is 15.6 Å². The Labute approximate surface area is 395 Å². The van der Waals surface area contributed by atoms with E-state index in [4.69, 9.17) is 29.8 Å². The lowest BCUT2D eigenvalue weighted by atomic mass is 9.92. The second kappa shape index (κ2) is 20.0. The summed E-state index contributed by atoms with van der Waals surface area (Å²) in [6, 6.07) is 29.3. The summed E-state index contributed by atoms with van der Waals surface area (Å²) in [4.78, 5) is 45.1.